The summed E-state index contributed by atoms with van der Waals surface area (Å²) in [4.78, 5) is 8.12. The maximum atomic E-state index is 9.52. The van der Waals surface area contributed by atoms with Crippen LogP contribution in [-0.2, 0) is 0 Å². The van der Waals surface area contributed by atoms with Gasteiger partial charge in [0.15, 0.2) is 0 Å². The maximum Gasteiger partial charge on any atom is 0.134 e. The number of nitrogens with two attached hydrogens (primary N) is 1. The summed E-state index contributed by atoms with van der Waals surface area (Å²) in [6.45, 7) is 2.89. The Balaban J connectivity index is 2.04. The predicted molar refractivity (Wildman–Crippen MR) is 67.7 cm³/mol. The van der Waals surface area contributed by atoms with Gasteiger partial charge in [0, 0.05) is 17.5 Å². The van der Waals surface area contributed by atoms with Crippen LogP contribution in [0.25, 0.3) is 0 Å². The molecule has 0 aromatic carbocycles. The molecule has 2 rings (SSSR count). The number of hydrogen-bond donors (Lipinski definition) is 3. The molecule has 1 aromatic rings. The zero-order valence-electron chi connectivity index (χ0n) is 10.2. The average molecular weight is 236 g/mol. The van der Waals surface area contributed by atoms with Gasteiger partial charge in [0.25, 0.3) is 0 Å². The molecule has 1 heterocycles. The maximum absolute atomic E-state index is 9.52. The zero-order valence-corrected chi connectivity index (χ0v) is 10.2. The molecule has 0 atom stereocenters. The van der Waals surface area contributed by atoms with Gasteiger partial charge in [-0.1, -0.05) is 12.8 Å². The second kappa shape index (κ2) is 4.87. The van der Waals surface area contributed by atoms with E-state index in [0.29, 0.717) is 5.82 Å². The Bertz CT molecular complexity index is 388. The van der Waals surface area contributed by atoms with Crippen molar-refractivity contribution in [2.24, 2.45) is 5.41 Å². The van der Waals surface area contributed by atoms with E-state index >= 15 is 0 Å². The standard InChI is InChI=1S/C12H20N4O/c1-9-10(13)15-8-16-11(9)14-6-12(7-17)4-2-3-5-12/h8,17H,2-7H2,1H3,(H3,13,14,15,16). The third kappa shape index (κ3) is 2.49. The molecule has 0 radical (unpaired) electrons. The number of aromatic nitrogens is 2. The third-order valence-corrected chi connectivity index (χ3v) is 3.75. The number of aliphatic hydroxyl groups excluding tert-OH is 1. The van der Waals surface area contributed by atoms with Gasteiger partial charge in [-0.3, -0.25) is 0 Å². The van der Waals surface area contributed by atoms with Crippen LogP contribution in [0.15, 0.2) is 6.33 Å². The van der Waals surface area contributed by atoms with Crippen molar-refractivity contribution in [2.45, 2.75) is 32.6 Å². The highest BCUT2D eigenvalue weighted by Gasteiger charge is 2.33. The van der Waals surface area contributed by atoms with Crippen LogP contribution in [0.5, 0.6) is 0 Å². The number of anilines is 2. The van der Waals surface area contributed by atoms with Gasteiger partial charge in [-0.25, -0.2) is 9.97 Å². The van der Waals surface area contributed by atoms with Crippen molar-refractivity contribution in [2.75, 3.05) is 24.2 Å². The lowest BCUT2D eigenvalue weighted by atomic mass is 9.87. The Morgan fingerprint density at radius 3 is 2.76 bits per heavy atom. The van der Waals surface area contributed by atoms with Gasteiger partial charge in [0.2, 0.25) is 0 Å². The van der Waals surface area contributed by atoms with E-state index in [9.17, 15) is 5.11 Å². The first kappa shape index (κ1) is 12.1. The Morgan fingerprint density at radius 1 is 1.41 bits per heavy atom. The number of nitrogen functional groups attached to an aromatic ring is 1. The molecule has 17 heavy (non-hydrogen) atoms. The van der Waals surface area contributed by atoms with Crippen LogP contribution in [0.1, 0.15) is 31.2 Å². The molecule has 0 bridgehead atoms. The van der Waals surface area contributed by atoms with Gasteiger partial charge >= 0.3 is 0 Å². The smallest absolute Gasteiger partial charge is 0.134 e. The summed E-state index contributed by atoms with van der Waals surface area (Å²) >= 11 is 0. The molecule has 0 unspecified atom stereocenters. The Kier molecular flexibility index (Phi) is 3.47. The molecular formula is C12H20N4O. The first-order chi connectivity index (χ1) is 8.17. The van der Waals surface area contributed by atoms with Crippen molar-refractivity contribution in [1.82, 2.24) is 9.97 Å². The average Bonchev–Trinajstić information content (AvgIpc) is 2.81. The number of nitrogens with one attached hydrogen (secondary N) is 1. The summed E-state index contributed by atoms with van der Waals surface area (Å²) in [6, 6.07) is 0. The van der Waals surface area contributed by atoms with Crippen LogP contribution in [0.3, 0.4) is 0 Å². The first-order valence-electron chi connectivity index (χ1n) is 6.09. The number of aliphatic hydroxyl groups is 1. The van der Waals surface area contributed by atoms with Crippen LogP contribution in [0.2, 0.25) is 0 Å². The molecule has 4 N–H and O–H groups in total. The molecule has 0 aliphatic heterocycles. The van der Waals surface area contributed by atoms with E-state index in [4.69, 9.17) is 5.73 Å². The summed E-state index contributed by atoms with van der Waals surface area (Å²) in [6.07, 6.45) is 6.03. The van der Waals surface area contributed by atoms with Gasteiger partial charge in [0.1, 0.15) is 18.0 Å². The van der Waals surface area contributed by atoms with Crippen LogP contribution in [0, 0.1) is 12.3 Å². The van der Waals surface area contributed by atoms with E-state index in [1.165, 1.54) is 19.2 Å². The van der Waals surface area contributed by atoms with Crippen LogP contribution in [-0.4, -0.2) is 28.2 Å². The van der Waals surface area contributed by atoms with Crippen LogP contribution < -0.4 is 11.1 Å². The van der Waals surface area contributed by atoms with Gasteiger partial charge in [-0.05, 0) is 19.8 Å². The largest absolute Gasteiger partial charge is 0.396 e. The topological polar surface area (TPSA) is 84.1 Å². The lowest BCUT2D eigenvalue weighted by Crippen LogP contribution is -2.31. The number of rotatable bonds is 4. The molecule has 1 aliphatic carbocycles. The highest BCUT2D eigenvalue weighted by molar-refractivity contribution is 5.53. The monoisotopic (exact) mass is 236 g/mol. The summed E-state index contributed by atoms with van der Waals surface area (Å²) in [7, 11) is 0. The molecule has 5 nitrogen and oxygen atoms in total. The Hall–Kier alpha value is -1.36. The molecule has 1 aromatic heterocycles. The summed E-state index contributed by atoms with van der Waals surface area (Å²) in [5.74, 6) is 1.28. The van der Waals surface area contributed by atoms with E-state index < -0.39 is 0 Å². The normalized spacial score (nSPS) is 18.2. The Labute approximate surface area is 101 Å². The second-order valence-corrected chi connectivity index (χ2v) is 4.95. The van der Waals surface area contributed by atoms with Crippen LogP contribution >= 0.6 is 0 Å². The highest BCUT2D eigenvalue weighted by Crippen LogP contribution is 2.37. The molecular weight excluding hydrogens is 216 g/mol. The minimum absolute atomic E-state index is 0.0200. The fourth-order valence-electron chi connectivity index (χ4n) is 2.43. The summed E-state index contributed by atoms with van der Waals surface area (Å²) in [5.41, 5.74) is 6.62. The molecule has 5 heteroatoms. The SMILES string of the molecule is Cc1c(N)ncnc1NCC1(CO)CCCC1. The van der Waals surface area contributed by atoms with Crippen molar-refractivity contribution >= 4 is 11.6 Å². The van der Waals surface area contributed by atoms with E-state index in [-0.39, 0.29) is 12.0 Å². The van der Waals surface area contributed by atoms with Gasteiger partial charge in [0.05, 0.1) is 6.61 Å². The van der Waals surface area contributed by atoms with E-state index in [2.05, 4.69) is 15.3 Å². The molecule has 0 saturated heterocycles. The van der Waals surface area contributed by atoms with Gasteiger partial charge < -0.3 is 16.2 Å². The molecule has 94 valence electrons. The van der Waals surface area contributed by atoms with Crippen molar-refractivity contribution < 1.29 is 5.11 Å². The van der Waals surface area contributed by atoms with E-state index in [0.717, 1.165) is 30.8 Å². The van der Waals surface area contributed by atoms with E-state index in [1.807, 2.05) is 6.92 Å². The summed E-state index contributed by atoms with van der Waals surface area (Å²) in [5, 5.41) is 12.8. The van der Waals surface area contributed by atoms with Crippen molar-refractivity contribution in [3.05, 3.63) is 11.9 Å². The predicted octanol–water partition coefficient (Wildman–Crippen LogP) is 1.33. The minimum Gasteiger partial charge on any atom is -0.396 e. The van der Waals surface area contributed by atoms with Gasteiger partial charge in [-0.2, -0.15) is 0 Å². The molecule has 0 spiro atoms. The third-order valence-electron chi connectivity index (χ3n) is 3.75. The van der Waals surface area contributed by atoms with Crippen molar-refractivity contribution in [1.29, 1.82) is 0 Å². The quantitative estimate of drug-likeness (QED) is 0.734. The van der Waals surface area contributed by atoms with Crippen LogP contribution in [0.4, 0.5) is 11.6 Å². The fourth-order valence-corrected chi connectivity index (χ4v) is 2.43. The van der Waals surface area contributed by atoms with Crippen molar-refractivity contribution in [3.8, 4) is 0 Å². The molecule has 1 fully saturated rings. The molecule has 1 aliphatic rings. The lowest BCUT2D eigenvalue weighted by molar-refractivity contribution is 0.142. The molecule has 0 amide bonds. The number of hydrogen-bond acceptors (Lipinski definition) is 5. The summed E-state index contributed by atoms with van der Waals surface area (Å²) < 4.78 is 0. The fraction of sp³-hybridized carbons (Fsp3) is 0.667. The minimum atomic E-state index is 0.0200. The molecule has 1 saturated carbocycles. The second-order valence-electron chi connectivity index (χ2n) is 4.95. The van der Waals surface area contributed by atoms with Gasteiger partial charge in [-0.15, -0.1) is 0 Å². The first-order valence-corrected chi connectivity index (χ1v) is 6.09. The number of nitrogens with zero attached hydrogens (tertiary/aromatic N) is 2. The Morgan fingerprint density at radius 2 is 2.12 bits per heavy atom. The zero-order chi connectivity index (χ0) is 12.3. The highest BCUT2D eigenvalue weighted by atomic mass is 16.3. The van der Waals surface area contributed by atoms with Crippen molar-refractivity contribution in [3.63, 3.8) is 0 Å². The van der Waals surface area contributed by atoms with E-state index in [1.54, 1.807) is 0 Å². The lowest BCUT2D eigenvalue weighted by Gasteiger charge is -2.27.